The lowest BCUT2D eigenvalue weighted by Gasteiger charge is -2.19. The number of anilines is 1. The second-order valence-corrected chi connectivity index (χ2v) is 5.67. The minimum atomic E-state index is -0.353. The van der Waals surface area contributed by atoms with E-state index in [1.54, 1.807) is 0 Å². The molecule has 0 fully saturated rings. The van der Waals surface area contributed by atoms with E-state index < -0.39 is 0 Å². The molecule has 0 unspecified atom stereocenters. The Labute approximate surface area is 118 Å². The number of carbonyl (C=O) groups excluding carboxylic acids is 1. The van der Waals surface area contributed by atoms with Gasteiger partial charge in [0.25, 0.3) is 5.91 Å². The van der Waals surface area contributed by atoms with Crippen LogP contribution in [0.3, 0.4) is 0 Å². The van der Waals surface area contributed by atoms with Crippen LogP contribution in [0.1, 0.15) is 36.7 Å². The zero-order valence-corrected chi connectivity index (χ0v) is 11.8. The number of aromatic nitrogens is 1. The van der Waals surface area contributed by atoms with Gasteiger partial charge in [0.2, 0.25) is 0 Å². The van der Waals surface area contributed by atoms with Crippen molar-refractivity contribution < 1.29 is 9.90 Å². The van der Waals surface area contributed by atoms with Gasteiger partial charge >= 0.3 is 0 Å². The first-order valence-corrected chi connectivity index (χ1v) is 6.43. The molecule has 0 bridgehead atoms. The summed E-state index contributed by atoms with van der Waals surface area (Å²) in [5.74, 6) is -0.482. The molecule has 0 aliphatic carbocycles. The standard InChI is InChI=1S/C16H18N2O2/c1-16(2,3)11-4-6-12(7-5-11)18-15(20)13-8-9-17-10-14(13)19/h4-10,19H,1-3H3,(H,18,20). The van der Waals surface area contributed by atoms with Gasteiger partial charge in [-0.25, -0.2) is 0 Å². The molecular weight excluding hydrogens is 252 g/mol. The summed E-state index contributed by atoms with van der Waals surface area (Å²) in [6.45, 7) is 6.40. The van der Waals surface area contributed by atoms with Crippen LogP contribution in [0.5, 0.6) is 5.75 Å². The van der Waals surface area contributed by atoms with Crippen LogP contribution in [-0.2, 0) is 5.41 Å². The number of rotatable bonds is 2. The van der Waals surface area contributed by atoms with Gasteiger partial charge in [0.05, 0.1) is 11.8 Å². The van der Waals surface area contributed by atoms with Crippen LogP contribution >= 0.6 is 0 Å². The third-order valence-corrected chi connectivity index (χ3v) is 3.05. The maximum atomic E-state index is 12.0. The van der Waals surface area contributed by atoms with E-state index in [1.807, 2.05) is 24.3 Å². The summed E-state index contributed by atoms with van der Waals surface area (Å²) in [5.41, 5.74) is 2.17. The fourth-order valence-corrected chi connectivity index (χ4v) is 1.83. The van der Waals surface area contributed by atoms with Crippen molar-refractivity contribution in [1.29, 1.82) is 0 Å². The topological polar surface area (TPSA) is 62.2 Å². The molecule has 4 nitrogen and oxygen atoms in total. The van der Waals surface area contributed by atoms with Crippen molar-refractivity contribution in [1.82, 2.24) is 4.98 Å². The number of carbonyl (C=O) groups is 1. The molecule has 104 valence electrons. The number of benzene rings is 1. The van der Waals surface area contributed by atoms with Crippen LogP contribution in [0.25, 0.3) is 0 Å². The Balaban J connectivity index is 2.15. The van der Waals surface area contributed by atoms with Crippen molar-refractivity contribution in [2.24, 2.45) is 0 Å². The quantitative estimate of drug-likeness (QED) is 0.879. The molecule has 20 heavy (non-hydrogen) atoms. The number of hydrogen-bond acceptors (Lipinski definition) is 3. The molecule has 0 atom stereocenters. The molecule has 1 amide bonds. The number of nitrogens with one attached hydrogen (secondary N) is 1. The van der Waals surface area contributed by atoms with Gasteiger partial charge in [-0.1, -0.05) is 32.9 Å². The summed E-state index contributed by atoms with van der Waals surface area (Å²) in [6, 6.07) is 9.17. The number of aromatic hydroxyl groups is 1. The lowest BCUT2D eigenvalue weighted by Crippen LogP contribution is -2.13. The molecular formula is C16H18N2O2. The van der Waals surface area contributed by atoms with E-state index in [-0.39, 0.29) is 22.6 Å². The summed E-state index contributed by atoms with van der Waals surface area (Å²) in [6.07, 6.45) is 2.72. The SMILES string of the molecule is CC(C)(C)c1ccc(NC(=O)c2ccncc2O)cc1. The van der Waals surface area contributed by atoms with E-state index in [9.17, 15) is 9.90 Å². The van der Waals surface area contributed by atoms with Crippen molar-refractivity contribution in [3.05, 3.63) is 53.9 Å². The predicted molar refractivity (Wildman–Crippen MR) is 79.0 cm³/mol. The monoisotopic (exact) mass is 270 g/mol. The first-order valence-electron chi connectivity index (χ1n) is 6.43. The minimum absolute atomic E-state index is 0.0753. The van der Waals surface area contributed by atoms with Crippen LogP contribution in [0, 0.1) is 0 Å². The molecule has 1 heterocycles. The number of nitrogens with zero attached hydrogens (tertiary/aromatic N) is 1. The van der Waals surface area contributed by atoms with Gasteiger partial charge in [0, 0.05) is 11.9 Å². The van der Waals surface area contributed by atoms with Crippen LogP contribution in [0.15, 0.2) is 42.7 Å². The Bertz CT molecular complexity index is 613. The summed E-state index contributed by atoms with van der Waals surface area (Å²) in [4.78, 5) is 15.8. The highest BCUT2D eigenvalue weighted by Crippen LogP contribution is 2.24. The van der Waals surface area contributed by atoms with E-state index in [4.69, 9.17) is 0 Å². The molecule has 1 aromatic carbocycles. The Morgan fingerprint density at radius 1 is 1.15 bits per heavy atom. The minimum Gasteiger partial charge on any atom is -0.505 e. The lowest BCUT2D eigenvalue weighted by molar-refractivity contribution is 0.102. The van der Waals surface area contributed by atoms with Crippen molar-refractivity contribution in [3.63, 3.8) is 0 Å². The van der Waals surface area contributed by atoms with Gasteiger partial charge in [0.15, 0.2) is 0 Å². The van der Waals surface area contributed by atoms with E-state index in [2.05, 4.69) is 31.1 Å². The van der Waals surface area contributed by atoms with Crippen LogP contribution in [0.2, 0.25) is 0 Å². The average molecular weight is 270 g/mol. The Morgan fingerprint density at radius 3 is 2.35 bits per heavy atom. The molecule has 2 aromatic rings. The first kappa shape index (κ1) is 14.1. The zero-order chi connectivity index (χ0) is 14.8. The first-order chi connectivity index (χ1) is 9.38. The number of pyridine rings is 1. The highest BCUT2D eigenvalue weighted by Gasteiger charge is 2.14. The molecule has 0 radical (unpaired) electrons. The van der Waals surface area contributed by atoms with Crippen molar-refractivity contribution in [2.75, 3.05) is 5.32 Å². The second kappa shape index (κ2) is 5.33. The van der Waals surface area contributed by atoms with E-state index >= 15 is 0 Å². The van der Waals surface area contributed by atoms with Crippen molar-refractivity contribution in [3.8, 4) is 5.75 Å². The number of hydrogen-bond donors (Lipinski definition) is 2. The summed E-state index contributed by atoms with van der Waals surface area (Å²) < 4.78 is 0. The van der Waals surface area contributed by atoms with E-state index in [0.717, 1.165) is 0 Å². The highest BCUT2D eigenvalue weighted by atomic mass is 16.3. The maximum Gasteiger partial charge on any atom is 0.259 e. The van der Waals surface area contributed by atoms with Gasteiger partial charge in [0.1, 0.15) is 5.75 Å². The van der Waals surface area contributed by atoms with E-state index in [0.29, 0.717) is 5.69 Å². The lowest BCUT2D eigenvalue weighted by atomic mass is 9.87. The Morgan fingerprint density at radius 2 is 1.80 bits per heavy atom. The third kappa shape index (κ3) is 3.15. The molecule has 0 saturated carbocycles. The molecule has 0 aliphatic heterocycles. The van der Waals surface area contributed by atoms with Gasteiger partial charge in [-0.2, -0.15) is 0 Å². The Kier molecular flexibility index (Phi) is 3.74. The Hall–Kier alpha value is -2.36. The van der Waals surface area contributed by atoms with Crippen molar-refractivity contribution >= 4 is 11.6 Å². The smallest absolute Gasteiger partial charge is 0.259 e. The highest BCUT2D eigenvalue weighted by molar-refractivity contribution is 6.05. The van der Waals surface area contributed by atoms with E-state index in [1.165, 1.54) is 24.0 Å². The van der Waals surface area contributed by atoms with Crippen LogP contribution in [0.4, 0.5) is 5.69 Å². The predicted octanol–water partition coefficient (Wildman–Crippen LogP) is 3.34. The van der Waals surface area contributed by atoms with Gasteiger partial charge in [-0.05, 0) is 29.2 Å². The summed E-state index contributed by atoms with van der Waals surface area (Å²) in [7, 11) is 0. The molecule has 2 rings (SSSR count). The molecule has 0 aliphatic rings. The second-order valence-electron chi connectivity index (χ2n) is 5.67. The third-order valence-electron chi connectivity index (χ3n) is 3.05. The fourth-order valence-electron chi connectivity index (χ4n) is 1.83. The van der Waals surface area contributed by atoms with Crippen LogP contribution in [-0.4, -0.2) is 16.0 Å². The fraction of sp³-hybridized carbons (Fsp3) is 0.250. The molecule has 4 heteroatoms. The molecule has 1 aromatic heterocycles. The molecule has 0 spiro atoms. The maximum absolute atomic E-state index is 12.0. The zero-order valence-electron chi connectivity index (χ0n) is 11.8. The molecule has 0 saturated heterocycles. The normalized spacial score (nSPS) is 11.2. The van der Waals surface area contributed by atoms with Crippen molar-refractivity contribution in [2.45, 2.75) is 26.2 Å². The van der Waals surface area contributed by atoms with Gasteiger partial charge in [-0.15, -0.1) is 0 Å². The summed E-state index contributed by atoms with van der Waals surface area (Å²) >= 11 is 0. The summed E-state index contributed by atoms with van der Waals surface area (Å²) in [5, 5.41) is 12.3. The van der Waals surface area contributed by atoms with Gasteiger partial charge < -0.3 is 10.4 Å². The largest absolute Gasteiger partial charge is 0.505 e. The number of amides is 1. The van der Waals surface area contributed by atoms with Crippen LogP contribution < -0.4 is 5.32 Å². The molecule has 2 N–H and O–H groups in total. The average Bonchev–Trinajstić information content (AvgIpc) is 2.38. The van der Waals surface area contributed by atoms with Gasteiger partial charge in [-0.3, -0.25) is 9.78 Å².